The van der Waals surface area contributed by atoms with Crippen LogP contribution in [0.5, 0.6) is 0 Å². The van der Waals surface area contributed by atoms with Gasteiger partial charge in [0.25, 0.3) is 0 Å². The Bertz CT molecular complexity index is 734. The van der Waals surface area contributed by atoms with Crippen LogP contribution < -0.4 is 4.72 Å². The lowest BCUT2D eigenvalue weighted by atomic mass is 10.3. The molecule has 0 aliphatic rings. The van der Waals surface area contributed by atoms with Gasteiger partial charge in [-0.3, -0.25) is 4.68 Å². The van der Waals surface area contributed by atoms with Gasteiger partial charge in [0, 0.05) is 25.4 Å². The molecule has 0 aliphatic carbocycles. The third-order valence-corrected chi connectivity index (χ3v) is 4.33. The molecule has 1 heterocycles. The number of hydrogen-bond acceptors (Lipinski definition) is 3. The van der Waals surface area contributed by atoms with Gasteiger partial charge in [-0.05, 0) is 18.6 Å². The summed E-state index contributed by atoms with van der Waals surface area (Å²) in [4.78, 5) is -0.578. The molecule has 1 aromatic carbocycles. The number of aryl methyl sites for hydroxylation is 1. The summed E-state index contributed by atoms with van der Waals surface area (Å²) in [7, 11) is -4.00. The minimum atomic E-state index is -4.00. The molecule has 2 aromatic rings. The van der Waals surface area contributed by atoms with Crippen LogP contribution in [-0.2, 0) is 16.6 Å². The Balaban J connectivity index is 1.92. The molecule has 0 aliphatic heterocycles. The predicted octanol–water partition coefficient (Wildman–Crippen LogP) is 2.18. The first-order chi connectivity index (χ1) is 9.88. The SMILES string of the molecule is O=S(=O)(NCCCn1cc(Cl)cn1)c1ccc(F)cc1F. The van der Waals surface area contributed by atoms with Gasteiger partial charge in [-0.25, -0.2) is 21.9 Å². The number of nitrogens with zero attached hydrogens (tertiary/aromatic N) is 2. The number of rotatable bonds is 6. The maximum Gasteiger partial charge on any atom is 0.243 e. The van der Waals surface area contributed by atoms with E-state index >= 15 is 0 Å². The average molecular weight is 336 g/mol. The van der Waals surface area contributed by atoms with Gasteiger partial charge >= 0.3 is 0 Å². The highest BCUT2D eigenvalue weighted by atomic mass is 35.5. The van der Waals surface area contributed by atoms with Crippen LogP contribution in [0.15, 0.2) is 35.5 Å². The summed E-state index contributed by atoms with van der Waals surface area (Å²) in [5.41, 5.74) is 0. The van der Waals surface area contributed by atoms with Gasteiger partial charge in [-0.2, -0.15) is 5.10 Å². The van der Waals surface area contributed by atoms with E-state index in [0.717, 1.165) is 12.1 Å². The van der Waals surface area contributed by atoms with E-state index in [1.807, 2.05) is 0 Å². The first kappa shape index (κ1) is 15.9. The molecule has 0 radical (unpaired) electrons. The number of hydrogen-bond donors (Lipinski definition) is 1. The normalized spacial score (nSPS) is 11.8. The zero-order valence-electron chi connectivity index (χ0n) is 10.8. The van der Waals surface area contributed by atoms with E-state index in [-0.39, 0.29) is 6.54 Å². The first-order valence-corrected chi connectivity index (χ1v) is 7.87. The van der Waals surface area contributed by atoms with Gasteiger partial charge < -0.3 is 0 Å². The van der Waals surface area contributed by atoms with Crippen molar-refractivity contribution in [2.45, 2.75) is 17.9 Å². The van der Waals surface area contributed by atoms with E-state index in [2.05, 4.69) is 9.82 Å². The topological polar surface area (TPSA) is 64.0 Å². The van der Waals surface area contributed by atoms with Crippen molar-refractivity contribution >= 4 is 21.6 Å². The minimum absolute atomic E-state index is 0.0939. The van der Waals surface area contributed by atoms with Gasteiger partial charge in [-0.15, -0.1) is 0 Å². The zero-order chi connectivity index (χ0) is 15.5. The molecule has 0 fully saturated rings. The van der Waals surface area contributed by atoms with Gasteiger partial charge in [0.05, 0.1) is 11.2 Å². The molecule has 9 heteroatoms. The summed E-state index contributed by atoms with van der Waals surface area (Å²) in [5, 5.41) is 4.43. The second-order valence-corrected chi connectivity index (χ2v) is 6.42. The molecule has 5 nitrogen and oxygen atoms in total. The molecule has 2 rings (SSSR count). The highest BCUT2D eigenvalue weighted by Crippen LogP contribution is 2.15. The second kappa shape index (κ2) is 6.50. The predicted molar refractivity (Wildman–Crippen MR) is 73.4 cm³/mol. The lowest BCUT2D eigenvalue weighted by Gasteiger charge is -2.07. The fraction of sp³-hybridized carbons (Fsp3) is 0.250. The Hall–Kier alpha value is -1.51. The summed E-state index contributed by atoms with van der Waals surface area (Å²) in [5.74, 6) is -1.96. The number of aromatic nitrogens is 2. The van der Waals surface area contributed by atoms with Crippen LogP contribution >= 0.6 is 11.6 Å². The molecule has 21 heavy (non-hydrogen) atoms. The third-order valence-electron chi connectivity index (χ3n) is 2.64. The first-order valence-electron chi connectivity index (χ1n) is 6.01. The Kier molecular flexibility index (Phi) is 4.92. The molecule has 114 valence electrons. The molecule has 0 atom stereocenters. The molecule has 1 aromatic heterocycles. The lowest BCUT2D eigenvalue weighted by Crippen LogP contribution is -2.26. The van der Waals surface area contributed by atoms with E-state index in [4.69, 9.17) is 11.6 Å². The lowest BCUT2D eigenvalue weighted by molar-refractivity contribution is 0.534. The van der Waals surface area contributed by atoms with Crippen molar-refractivity contribution in [3.05, 3.63) is 47.2 Å². The van der Waals surface area contributed by atoms with E-state index in [9.17, 15) is 17.2 Å². The summed E-state index contributed by atoms with van der Waals surface area (Å²) < 4.78 is 53.7. The average Bonchev–Trinajstić information content (AvgIpc) is 2.80. The zero-order valence-corrected chi connectivity index (χ0v) is 12.3. The fourth-order valence-corrected chi connectivity index (χ4v) is 2.97. The number of nitrogens with one attached hydrogen (secondary N) is 1. The van der Waals surface area contributed by atoms with Crippen LogP contribution in [0.2, 0.25) is 5.02 Å². The summed E-state index contributed by atoms with van der Waals surface area (Å²) in [6.07, 6.45) is 3.52. The van der Waals surface area contributed by atoms with Crippen LogP contribution in [0.4, 0.5) is 8.78 Å². The quantitative estimate of drug-likeness (QED) is 0.823. The van der Waals surface area contributed by atoms with Crippen LogP contribution in [0.1, 0.15) is 6.42 Å². The van der Waals surface area contributed by atoms with Crippen LogP contribution in [0.3, 0.4) is 0 Å². The molecule has 0 saturated heterocycles. The Labute approximate surface area is 125 Å². The van der Waals surface area contributed by atoms with Crippen molar-refractivity contribution in [3.63, 3.8) is 0 Å². The van der Waals surface area contributed by atoms with Crippen LogP contribution in [-0.4, -0.2) is 24.7 Å². The van der Waals surface area contributed by atoms with Gasteiger partial charge in [0.15, 0.2) is 0 Å². The van der Waals surface area contributed by atoms with Crippen molar-refractivity contribution in [1.29, 1.82) is 0 Å². The molecule has 0 bridgehead atoms. The Morgan fingerprint density at radius 1 is 1.33 bits per heavy atom. The van der Waals surface area contributed by atoms with Crippen LogP contribution in [0.25, 0.3) is 0 Å². The van der Waals surface area contributed by atoms with Crippen molar-refractivity contribution in [3.8, 4) is 0 Å². The molecule has 0 spiro atoms. The Morgan fingerprint density at radius 2 is 2.10 bits per heavy atom. The summed E-state index contributed by atoms with van der Waals surface area (Å²) >= 11 is 5.69. The highest BCUT2D eigenvalue weighted by molar-refractivity contribution is 7.89. The molecular formula is C12H12ClF2N3O2S. The molecule has 0 amide bonds. The fourth-order valence-electron chi connectivity index (χ4n) is 1.68. The molecule has 1 N–H and O–H groups in total. The van der Waals surface area contributed by atoms with Gasteiger partial charge in [-0.1, -0.05) is 11.6 Å². The van der Waals surface area contributed by atoms with E-state index in [1.54, 1.807) is 10.9 Å². The molecule has 0 unspecified atom stereocenters. The van der Waals surface area contributed by atoms with Gasteiger partial charge in [0.1, 0.15) is 16.5 Å². The van der Waals surface area contributed by atoms with Crippen molar-refractivity contribution in [2.24, 2.45) is 0 Å². The summed E-state index contributed by atoms with van der Waals surface area (Å²) in [6.45, 7) is 0.553. The molecular weight excluding hydrogens is 324 g/mol. The second-order valence-electron chi connectivity index (χ2n) is 4.25. The third kappa shape index (κ3) is 4.23. The number of sulfonamides is 1. The van der Waals surface area contributed by atoms with Crippen LogP contribution in [0, 0.1) is 11.6 Å². The monoisotopic (exact) mass is 335 g/mol. The number of benzene rings is 1. The van der Waals surface area contributed by atoms with Crippen molar-refractivity contribution in [2.75, 3.05) is 6.54 Å². The van der Waals surface area contributed by atoms with E-state index in [0.29, 0.717) is 24.1 Å². The maximum atomic E-state index is 13.4. The van der Waals surface area contributed by atoms with Crippen molar-refractivity contribution in [1.82, 2.24) is 14.5 Å². The number of halogens is 3. The molecule has 0 saturated carbocycles. The Morgan fingerprint density at radius 3 is 2.71 bits per heavy atom. The minimum Gasteiger partial charge on any atom is -0.271 e. The summed E-state index contributed by atoms with van der Waals surface area (Å²) in [6, 6.07) is 2.31. The van der Waals surface area contributed by atoms with E-state index in [1.165, 1.54) is 6.20 Å². The van der Waals surface area contributed by atoms with E-state index < -0.39 is 26.6 Å². The van der Waals surface area contributed by atoms with Crippen molar-refractivity contribution < 1.29 is 17.2 Å². The van der Waals surface area contributed by atoms with Gasteiger partial charge in [0.2, 0.25) is 10.0 Å². The smallest absolute Gasteiger partial charge is 0.243 e. The highest BCUT2D eigenvalue weighted by Gasteiger charge is 2.18. The standard InChI is InChI=1S/C12H12ClF2N3O2S/c13-9-7-16-18(8-9)5-1-4-17-21(19,20)12-3-2-10(14)6-11(12)15/h2-3,6-8,17H,1,4-5H2. The maximum absolute atomic E-state index is 13.4. The largest absolute Gasteiger partial charge is 0.271 e.